The van der Waals surface area contributed by atoms with Crippen molar-refractivity contribution in [3.05, 3.63) is 82.5 Å². The predicted molar refractivity (Wildman–Crippen MR) is 128 cm³/mol. The molecule has 1 amide bonds. The molecule has 0 saturated heterocycles. The van der Waals surface area contributed by atoms with Gasteiger partial charge in [-0.05, 0) is 36.4 Å². The van der Waals surface area contributed by atoms with Gasteiger partial charge in [-0.25, -0.2) is 10.2 Å². The first-order valence-corrected chi connectivity index (χ1v) is 10.3. The van der Waals surface area contributed by atoms with Crippen molar-refractivity contribution in [3.63, 3.8) is 0 Å². The molecule has 0 atom stereocenters. The van der Waals surface area contributed by atoms with Crippen LogP contribution in [0.2, 0.25) is 0 Å². The van der Waals surface area contributed by atoms with Crippen molar-refractivity contribution in [3.8, 4) is 11.5 Å². The van der Waals surface area contributed by atoms with Gasteiger partial charge in [-0.3, -0.25) is 9.59 Å². The Bertz CT molecular complexity index is 1420. The van der Waals surface area contributed by atoms with Crippen molar-refractivity contribution >= 4 is 39.9 Å². The van der Waals surface area contributed by atoms with E-state index >= 15 is 0 Å². The van der Waals surface area contributed by atoms with Crippen LogP contribution in [-0.2, 0) is 16.1 Å². The zero-order valence-corrected chi connectivity index (χ0v) is 18.2. The Labute approximate surface area is 193 Å². The number of ether oxygens (including phenoxy) is 2. The molecule has 0 aliphatic heterocycles. The summed E-state index contributed by atoms with van der Waals surface area (Å²) in [6.45, 7) is -0.626. The van der Waals surface area contributed by atoms with Crippen molar-refractivity contribution < 1.29 is 24.2 Å². The Morgan fingerprint density at radius 3 is 2.26 bits per heavy atom. The van der Waals surface area contributed by atoms with Gasteiger partial charge in [0.2, 0.25) is 0 Å². The Morgan fingerprint density at radius 1 is 1.00 bits per heavy atom. The summed E-state index contributed by atoms with van der Waals surface area (Å²) in [6, 6.07) is 19.2. The summed E-state index contributed by atoms with van der Waals surface area (Å²) < 4.78 is 12.3. The summed E-state index contributed by atoms with van der Waals surface area (Å²) >= 11 is 0. The zero-order valence-electron chi connectivity index (χ0n) is 18.2. The lowest BCUT2D eigenvalue weighted by Crippen LogP contribution is -2.25. The van der Waals surface area contributed by atoms with Gasteiger partial charge in [-0.1, -0.05) is 30.3 Å². The minimum Gasteiger partial charge on any atom is -0.493 e. The van der Waals surface area contributed by atoms with Gasteiger partial charge in [0.15, 0.2) is 23.5 Å². The number of carboxylic acid groups (broad SMARTS) is 1. The summed E-state index contributed by atoms with van der Waals surface area (Å²) in [5, 5.41) is 13.9. The lowest BCUT2D eigenvalue weighted by molar-refractivity contribution is -0.139. The number of hydrogen-bond acceptors (Lipinski definition) is 6. The van der Waals surface area contributed by atoms with Crippen LogP contribution in [0.15, 0.2) is 76.6 Å². The SMILES string of the molecule is COc1cccc(/C=N\NC(=O)Cn2c3ccccc3c(=O)c3ccccc32)c1OCC(=O)O. The number of aliphatic carboxylic acids is 1. The van der Waals surface area contributed by atoms with E-state index in [0.29, 0.717) is 33.1 Å². The molecule has 4 rings (SSSR count). The number of para-hydroxylation sites is 3. The molecule has 9 nitrogen and oxygen atoms in total. The molecule has 172 valence electrons. The molecule has 0 aliphatic rings. The van der Waals surface area contributed by atoms with Crippen molar-refractivity contribution in [2.24, 2.45) is 5.10 Å². The molecule has 1 aromatic heterocycles. The second kappa shape index (κ2) is 9.86. The van der Waals surface area contributed by atoms with Crippen molar-refractivity contribution in [1.29, 1.82) is 0 Å². The van der Waals surface area contributed by atoms with Gasteiger partial charge < -0.3 is 19.1 Å². The monoisotopic (exact) mass is 459 g/mol. The largest absolute Gasteiger partial charge is 0.493 e. The fourth-order valence-electron chi connectivity index (χ4n) is 3.68. The van der Waals surface area contributed by atoms with Gasteiger partial charge in [-0.2, -0.15) is 5.10 Å². The third-order valence-corrected chi connectivity index (χ3v) is 5.14. The highest BCUT2D eigenvalue weighted by Gasteiger charge is 2.13. The van der Waals surface area contributed by atoms with Gasteiger partial charge in [0, 0.05) is 16.3 Å². The lowest BCUT2D eigenvalue weighted by atomic mass is 10.1. The number of amides is 1. The fraction of sp³-hybridized carbons (Fsp3) is 0.120. The molecular formula is C25H21N3O6. The average Bonchev–Trinajstić information content (AvgIpc) is 2.85. The fourth-order valence-corrected chi connectivity index (χ4v) is 3.68. The van der Waals surface area contributed by atoms with E-state index in [1.807, 2.05) is 12.1 Å². The molecule has 0 unspecified atom stereocenters. The highest BCUT2D eigenvalue weighted by Crippen LogP contribution is 2.30. The topological polar surface area (TPSA) is 119 Å². The zero-order chi connectivity index (χ0) is 24.1. The number of carbonyl (C=O) groups is 2. The van der Waals surface area contributed by atoms with Gasteiger partial charge in [0.05, 0.1) is 24.4 Å². The maximum absolute atomic E-state index is 12.8. The Hall–Kier alpha value is -4.66. The Balaban J connectivity index is 1.60. The number of carboxylic acids is 1. The molecule has 9 heteroatoms. The number of methoxy groups -OCH3 is 1. The normalized spacial score (nSPS) is 11.1. The molecular weight excluding hydrogens is 438 g/mol. The number of hydrazone groups is 1. The van der Waals surface area contributed by atoms with Crippen LogP contribution < -0.4 is 20.3 Å². The van der Waals surface area contributed by atoms with Crippen LogP contribution in [-0.4, -0.2) is 41.5 Å². The second-order valence-electron chi connectivity index (χ2n) is 7.30. The second-order valence-corrected chi connectivity index (χ2v) is 7.30. The van der Waals surface area contributed by atoms with Crippen LogP contribution in [0, 0.1) is 0 Å². The van der Waals surface area contributed by atoms with Gasteiger partial charge in [-0.15, -0.1) is 0 Å². The number of rotatable bonds is 8. The summed E-state index contributed by atoms with van der Waals surface area (Å²) in [5.74, 6) is -1.01. The standard InChI is InChI=1S/C25H21N3O6/c1-33-21-12-6-7-16(25(21)34-15-23(30)31)13-26-27-22(29)14-28-19-10-4-2-8-17(19)24(32)18-9-3-5-11-20(18)28/h2-13H,14-15H2,1H3,(H,27,29)(H,30,31)/b26-13-. The first-order valence-electron chi connectivity index (χ1n) is 10.3. The lowest BCUT2D eigenvalue weighted by Gasteiger charge is -2.14. The van der Waals surface area contributed by atoms with Crippen molar-refractivity contribution in [1.82, 2.24) is 9.99 Å². The minimum absolute atomic E-state index is 0.0703. The highest BCUT2D eigenvalue weighted by atomic mass is 16.5. The van der Waals surface area contributed by atoms with Crippen LogP contribution in [0.5, 0.6) is 11.5 Å². The maximum Gasteiger partial charge on any atom is 0.341 e. The predicted octanol–water partition coefficient (Wildman–Crippen LogP) is 2.78. The average molecular weight is 459 g/mol. The third kappa shape index (κ3) is 4.58. The van der Waals surface area contributed by atoms with Crippen molar-refractivity contribution in [2.75, 3.05) is 13.7 Å². The molecule has 0 fully saturated rings. The molecule has 1 heterocycles. The van der Waals surface area contributed by atoms with Crippen LogP contribution in [0.1, 0.15) is 5.56 Å². The number of benzene rings is 3. The summed E-state index contributed by atoms with van der Waals surface area (Å²) in [4.78, 5) is 36.5. The summed E-state index contributed by atoms with van der Waals surface area (Å²) in [5.41, 5.74) is 4.10. The quantitative estimate of drug-likeness (QED) is 0.238. The molecule has 2 N–H and O–H groups in total. The van der Waals surface area contributed by atoms with E-state index < -0.39 is 18.5 Å². The van der Waals surface area contributed by atoms with Gasteiger partial charge >= 0.3 is 5.97 Å². The van der Waals surface area contributed by atoms with Crippen LogP contribution in [0.25, 0.3) is 21.8 Å². The van der Waals surface area contributed by atoms with Crippen molar-refractivity contribution in [2.45, 2.75) is 6.54 Å². The third-order valence-electron chi connectivity index (χ3n) is 5.14. The van der Waals surface area contributed by atoms with E-state index in [-0.39, 0.29) is 17.7 Å². The number of fused-ring (bicyclic) bond motifs is 2. The van der Waals surface area contributed by atoms with Crippen LogP contribution >= 0.6 is 0 Å². The Morgan fingerprint density at radius 2 is 1.65 bits per heavy atom. The first kappa shape index (κ1) is 22.5. The van der Waals surface area contributed by atoms with E-state index in [0.717, 1.165) is 0 Å². The number of nitrogens with one attached hydrogen (secondary N) is 1. The molecule has 0 spiro atoms. The molecule has 34 heavy (non-hydrogen) atoms. The molecule has 0 saturated carbocycles. The van der Waals surface area contributed by atoms with E-state index in [9.17, 15) is 14.4 Å². The van der Waals surface area contributed by atoms with E-state index in [1.54, 1.807) is 59.2 Å². The first-order chi connectivity index (χ1) is 16.5. The smallest absolute Gasteiger partial charge is 0.341 e. The minimum atomic E-state index is -1.14. The molecule has 0 aliphatic carbocycles. The number of aromatic nitrogens is 1. The van der Waals surface area contributed by atoms with E-state index in [4.69, 9.17) is 14.6 Å². The number of nitrogens with zero attached hydrogens (tertiary/aromatic N) is 2. The number of carbonyl (C=O) groups excluding carboxylic acids is 1. The molecule has 0 radical (unpaired) electrons. The molecule has 4 aromatic rings. The van der Waals surface area contributed by atoms with Gasteiger partial charge in [0.25, 0.3) is 5.91 Å². The van der Waals surface area contributed by atoms with E-state index in [1.165, 1.54) is 13.3 Å². The Kier molecular flexibility index (Phi) is 6.54. The van der Waals surface area contributed by atoms with E-state index in [2.05, 4.69) is 10.5 Å². The van der Waals surface area contributed by atoms with Crippen LogP contribution in [0.4, 0.5) is 0 Å². The summed E-state index contributed by atoms with van der Waals surface area (Å²) in [7, 11) is 1.44. The number of pyridine rings is 1. The number of hydrogen-bond donors (Lipinski definition) is 2. The molecule has 0 bridgehead atoms. The highest BCUT2D eigenvalue weighted by molar-refractivity contribution is 5.95. The van der Waals surface area contributed by atoms with Crippen LogP contribution in [0.3, 0.4) is 0 Å². The molecule has 3 aromatic carbocycles. The summed E-state index contributed by atoms with van der Waals surface area (Å²) in [6.07, 6.45) is 1.35. The maximum atomic E-state index is 12.8. The van der Waals surface area contributed by atoms with Gasteiger partial charge in [0.1, 0.15) is 6.54 Å².